The summed E-state index contributed by atoms with van der Waals surface area (Å²) in [5.74, 6) is -0.146. The number of nitrogens with zero attached hydrogens (tertiary/aromatic N) is 3. The highest BCUT2D eigenvalue weighted by atomic mass is 16.4. The maximum Gasteiger partial charge on any atom is 0.339 e. The lowest BCUT2D eigenvalue weighted by molar-refractivity contribution is -0.148. The number of pyridine rings is 1. The van der Waals surface area contributed by atoms with Crippen LogP contribution in [0.1, 0.15) is 67.4 Å². The number of carbonyl (C=O) groups excluding carboxylic acids is 1. The molecule has 4 rings (SSSR count). The standard InChI is InChI=1S/C21H29N3O3/c1-15-8-9-17(19(25)26)18(22-15)23-13-11-21(14-23)10-5-12-24(20(21)27)16-6-3-2-4-7-16/h8-9,16H,2-7,10-14H2,1H3,(H,25,26). The Morgan fingerprint density at radius 3 is 2.67 bits per heavy atom. The van der Waals surface area contributed by atoms with Crippen LogP contribution in [0.2, 0.25) is 0 Å². The highest BCUT2D eigenvalue weighted by Crippen LogP contribution is 2.43. The molecule has 6 heteroatoms. The number of piperidine rings is 1. The molecular formula is C21H29N3O3. The van der Waals surface area contributed by atoms with Crippen LogP contribution in [0.5, 0.6) is 0 Å². The van der Waals surface area contributed by atoms with Gasteiger partial charge in [0.25, 0.3) is 0 Å². The quantitative estimate of drug-likeness (QED) is 0.883. The van der Waals surface area contributed by atoms with Crippen molar-refractivity contribution in [3.05, 3.63) is 23.4 Å². The van der Waals surface area contributed by atoms with E-state index in [0.29, 0.717) is 30.9 Å². The smallest absolute Gasteiger partial charge is 0.339 e. The summed E-state index contributed by atoms with van der Waals surface area (Å²) in [6.45, 7) is 4.04. The van der Waals surface area contributed by atoms with Gasteiger partial charge in [-0.3, -0.25) is 4.79 Å². The van der Waals surface area contributed by atoms with Crippen LogP contribution in [0, 0.1) is 12.3 Å². The Hall–Kier alpha value is -2.11. The first kappa shape index (κ1) is 18.3. The number of rotatable bonds is 3. The first-order valence-corrected chi connectivity index (χ1v) is 10.3. The van der Waals surface area contributed by atoms with Crippen molar-refractivity contribution in [2.45, 2.75) is 64.3 Å². The van der Waals surface area contributed by atoms with Gasteiger partial charge in [-0.25, -0.2) is 9.78 Å². The minimum Gasteiger partial charge on any atom is -0.478 e. The highest BCUT2D eigenvalue weighted by Gasteiger charge is 2.50. The summed E-state index contributed by atoms with van der Waals surface area (Å²) in [5, 5.41) is 9.54. The van der Waals surface area contributed by atoms with Gasteiger partial charge in [-0.05, 0) is 51.2 Å². The molecule has 1 amide bonds. The minimum atomic E-state index is -0.961. The lowest BCUT2D eigenvalue weighted by atomic mass is 9.77. The SMILES string of the molecule is Cc1ccc(C(=O)O)c(N2CCC3(CCCN(C4CCCCC4)C3=O)C2)n1. The topological polar surface area (TPSA) is 73.7 Å². The summed E-state index contributed by atoms with van der Waals surface area (Å²) in [5.41, 5.74) is 0.663. The number of aromatic nitrogens is 1. The van der Waals surface area contributed by atoms with E-state index in [1.807, 2.05) is 11.8 Å². The summed E-state index contributed by atoms with van der Waals surface area (Å²) in [7, 11) is 0. The molecule has 0 aromatic carbocycles. The van der Waals surface area contributed by atoms with Gasteiger partial charge in [0, 0.05) is 31.4 Å². The number of carbonyl (C=O) groups is 2. The molecule has 146 valence electrons. The molecule has 0 bridgehead atoms. The molecule has 1 aliphatic carbocycles. The average Bonchev–Trinajstić information content (AvgIpc) is 3.09. The van der Waals surface area contributed by atoms with E-state index in [1.165, 1.54) is 19.3 Å². The Morgan fingerprint density at radius 2 is 1.93 bits per heavy atom. The molecule has 1 saturated carbocycles. The molecule has 0 radical (unpaired) electrons. The highest BCUT2D eigenvalue weighted by molar-refractivity contribution is 5.94. The van der Waals surface area contributed by atoms with E-state index in [2.05, 4.69) is 9.88 Å². The van der Waals surface area contributed by atoms with Crippen molar-refractivity contribution in [2.24, 2.45) is 5.41 Å². The third kappa shape index (κ3) is 3.30. The van der Waals surface area contributed by atoms with E-state index in [1.54, 1.807) is 12.1 Å². The van der Waals surface area contributed by atoms with E-state index < -0.39 is 5.97 Å². The first-order chi connectivity index (χ1) is 13.0. The zero-order valence-electron chi connectivity index (χ0n) is 16.1. The van der Waals surface area contributed by atoms with Gasteiger partial charge in [-0.15, -0.1) is 0 Å². The van der Waals surface area contributed by atoms with E-state index in [0.717, 1.165) is 44.3 Å². The number of carboxylic acids is 1. The Morgan fingerprint density at radius 1 is 1.15 bits per heavy atom. The molecule has 3 aliphatic rings. The monoisotopic (exact) mass is 371 g/mol. The lowest BCUT2D eigenvalue weighted by Crippen LogP contribution is -2.54. The first-order valence-electron chi connectivity index (χ1n) is 10.3. The van der Waals surface area contributed by atoms with Gasteiger partial charge in [0.15, 0.2) is 0 Å². The molecule has 1 aromatic rings. The van der Waals surface area contributed by atoms with Crippen molar-refractivity contribution in [3.8, 4) is 0 Å². The van der Waals surface area contributed by atoms with Crippen molar-refractivity contribution >= 4 is 17.7 Å². The van der Waals surface area contributed by atoms with Crippen LogP contribution in [0.25, 0.3) is 0 Å². The van der Waals surface area contributed by atoms with Crippen molar-refractivity contribution in [1.29, 1.82) is 0 Å². The molecule has 2 saturated heterocycles. The minimum absolute atomic E-state index is 0.227. The number of anilines is 1. The second-order valence-electron chi connectivity index (χ2n) is 8.47. The number of hydrogen-bond acceptors (Lipinski definition) is 4. The van der Waals surface area contributed by atoms with E-state index >= 15 is 0 Å². The van der Waals surface area contributed by atoms with Crippen LogP contribution in [0.4, 0.5) is 5.82 Å². The number of carboxylic acid groups (broad SMARTS) is 1. The Kier molecular flexibility index (Phi) is 4.82. The second kappa shape index (κ2) is 7.13. The average molecular weight is 371 g/mol. The van der Waals surface area contributed by atoms with Gasteiger partial charge in [0.2, 0.25) is 5.91 Å². The summed E-state index contributed by atoms with van der Waals surface area (Å²) in [4.78, 5) is 33.8. The number of amides is 1. The molecular weight excluding hydrogens is 342 g/mol. The van der Waals surface area contributed by atoms with Gasteiger partial charge in [0.1, 0.15) is 11.4 Å². The number of aromatic carboxylic acids is 1. The third-order valence-corrected chi connectivity index (χ3v) is 6.68. The summed E-state index contributed by atoms with van der Waals surface area (Å²) >= 11 is 0. The predicted molar refractivity (Wildman–Crippen MR) is 103 cm³/mol. The maximum absolute atomic E-state index is 13.5. The molecule has 1 unspecified atom stereocenters. The normalized spacial score (nSPS) is 26.8. The van der Waals surface area contributed by atoms with Gasteiger partial charge in [-0.2, -0.15) is 0 Å². The molecule has 1 atom stereocenters. The van der Waals surface area contributed by atoms with Crippen LogP contribution in [0.3, 0.4) is 0 Å². The number of likely N-dealkylation sites (tertiary alicyclic amines) is 1. The van der Waals surface area contributed by atoms with Crippen molar-refractivity contribution in [2.75, 3.05) is 24.5 Å². The van der Waals surface area contributed by atoms with Crippen molar-refractivity contribution in [3.63, 3.8) is 0 Å². The Bertz CT molecular complexity index is 744. The van der Waals surface area contributed by atoms with Crippen molar-refractivity contribution in [1.82, 2.24) is 9.88 Å². The zero-order valence-corrected chi connectivity index (χ0v) is 16.1. The zero-order chi connectivity index (χ0) is 19.0. The molecule has 1 N–H and O–H groups in total. The Balaban J connectivity index is 1.57. The van der Waals surface area contributed by atoms with Gasteiger partial charge in [0.05, 0.1) is 5.41 Å². The number of aryl methyl sites for hydroxylation is 1. The molecule has 27 heavy (non-hydrogen) atoms. The predicted octanol–water partition coefficient (Wildman–Crippen LogP) is 3.24. The third-order valence-electron chi connectivity index (χ3n) is 6.68. The second-order valence-corrected chi connectivity index (χ2v) is 8.47. The van der Waals surface area contributed by atoms with E-state index in [-0.39, 0.29) is 11.0 Å². The largest absolute Gasteiger partial charge is 0.478 e. The molecule has 2 aliphatic heterocycles. The fraction of sp³-hybridized carbons (Fsp3) is 0.667. The molecule has 1 spiro atoms. The van der Waals surface area contributed by atoms with Crippen LogP contribution in [0.15, 0.2) is 12.1 Å². The molecule has 6 nitrogen and oxygen atoms in total. The van der Waals surface area contributed by atoms with Crippen LogP contribution in [-0.4, -0.2) is 52.5 Å². The van der Waals surface area contributed by atoms with Crippen LogP contribution in [-0.2, 0) is 4.79 Å². The lowest BCUT2D eigenvalue weighted by Gasteiger charge is -2.44. The van der Waals surface area contributed by atoms with Gasteiger partial charge < -0.3 is 14.9 Å². The summed E-state index contributed by atoms with van der Waals surface area (Å²) < 4.78 is 0. The fourth-order valence-electron chi connectivity index (χ4n) is 5.22. The summed E-state index contributed by atoms with van der Waals surface area (Å²) in [6.07, 6.45) is 8.74. The van der Waals surface area contributed by atoms with Gasteiger partial charge >= 0.3 is 5.97 Å². The van der Waals surface area contributed by atoms with E-state index in [4.69, 9.17) is 0 Å². The molecule has 3 heterocycles. The van der Waals surface area contributed by atoms with E-state index in [9.17, 15) is 14.7 Å². The fourth-order valence-corrected chi connectivity index (χ4v) is 5.22. The van der Waals surface area contributed by atoms with Crippen LogP contribution < -0.4 is 4.90 Å². The maximum atomic E-state index is 13.5. The Labute approximate surface area is 160 Å². The molecule has 1 aromatic heterocycles. The van der Waals surface area contributed by atoms with Crippen LogP contribution >= 0.6 is 0 Å². The number of hydrogen-bond donors (Lipinski definition) is 1. The molecule has 3 fully saturated rings. The van der Waals surface area contributed by atoms with Crippen molar-refractivity contribution < 1.29 is 14.7 Å². The van der Waals surface area contributed by atoms with Gasteiger partial charge in [-0.1, -0.05) is 19.3 Å². The summed E-state index contributed by atoms with van der Waals surface area (Å²) in [6, 6.07) is 3.77.